The molecule has 2 amide bonds. The van der Waals surface area contributed by atoms with E-state index in [0.717, 1.165) is 30.7 Å². The zero-order valence-electron chi connectivity index (χ0n) is 13.3. The summed E-state index contributed by atoms with van der Waals surface area (Å²) in [4.78, 5) is 36.8. The molecule has 0 bridgehead atoms. The lowest BCUT2D eigenvalue weighted by Crippen LogP contribution is -2.46. The molecule has 2 rings (SSSR count). The second kappa shape index (κ2) is 9.55. The molecule has 1 aromatic rings. The number of rotatable bonds is 7. The molecule has 0 spiro atoms. The van der Waals surface area contributed by atoms with E-state index in [1.165, 1.54) is 17.0 Å². The van der Waals surface area contributed by atoms with Crippen molar-refractivity contribution in [2.45, 2.75) is 25.3 Å². The average molecular weight is 377 g/mol. The van der Waals surface area contributed by atoms with Gasteiger partial charge in [-0.15, -0.1) is 12.4 Å². The molecule has 1 aliphatic rings. The van der Waals surface area contributed by atoms with E-state index in [4.69, 9.17) is 0 Å². The third-order valence-electron chi connectivity index (χ3n) is 3.70. The fraction of sp³-hybridized carbons (Fsp3) is 0.571. The zero-order chi connectivity index (χ0) is 16.8. The fourth-order valence-corrected chi connectivity index (χ4v) is 3.34. The first kappa shape index (κ1) is 20.3. The maximum absolute atomic E-state index is 12.5. The van der Waals surface area contributed by atoms with E-state index in [1.54, 1.807) is 0 Å². The summed E-state index contributed by atoms with van der Waals surface area (Å²) in [5.74, 6) is -0.464. The summed E-state index contributed by atoms with van der Waals surface area (Å²) < 4.78 is 0. The first-order valence-corrected chi connectivity index (χ1v) is 8.33. The van der Waals surface area contributed by atoms with Crippen LogP contribution in [0.15, 0.2) is 12.1 Å². The van der Waals surface area contributed by atoms with Gasteiger partial charge in [0.25, 0.3) is 5.91 Å². The van der Waals surface area contributed by atoms with Crippen LogP contribution in [0.25, 0.3) is 0 Å². The van der Waals surface area contributed by atoms with Gasteiger partial charge in [-0.25, -0.2) is 0 Å². The lowest BCUT2D eigenvalue weighted by Gasteiger charge is -2.23. The van der Waals surface area contributed by atoms with Crippen LogP contribution >= 0.6 is 23.7 Å². The quantitative estimate of drug-likeness (QED) is 0.425. The molecule has 1 aromatic heterocycles. The maximum atomic E-state index is 12.5. The lowest BCUT2D eigenvalue weighted by atomic mass is 10.2. The average Bonchev–Trinajstić information content (AvgIpc) is 3.19. The van der Waals surface area contributed by atoms with Crippen LogP contribution in [0.4, 0.5) is 5.00 Å². The number of likely N-dealkylation sites (tertiary alicyclic amines) is 1. The number of thiophene rings is 1. The number of nitrogens with zero attached hydrogens (tertiary/aromatic N) is 2. The number of hydrogen-bond donors (Lipinski definition) is 2. The van der Waals surface area contributed by atoms with Gasteiger partial charge in [0, 0.05) is 19.2 Å². The number of nitrogens with one attached hydrogen (secondary N) is 2. The molecule has 0 aliphatic carbocycles. The second-order valence-electron chi connectivity index (χ2n) is 5.30. The van der Waals surface area contributed by atoms with E-state index >= 15 is 0 Å². The first-order chi connectivity index (χ1) is 11.0. The van der Waals surface area contributed by atoms with E-state index in [9.17, 15) is 19.7 Å². The van der Waals surface area contributed by atoms with Crippen molar-refractivity contribution in [3.05, 3.63) is 27.1 Å². The predicted octanol–water partition coefficient (Wildman–Crippen LogP) is 1.41. The van der Waals surface area contributed by atoms with E-state index in [2.05, 4.69) is 10.6 Å². The summed E-state index contributed by atoms with van der Waals surface area (Å²) >= 11 is 0.844. The van der Waals surface area contributed by atoms with Gasteiger partial charge in [0.2, 0.25) is 5.91 Å². The summed E-state index contributed by atoms with van der Waals surface area (Å²) in [6, 6.07) is 2.28. The number of nitro groups is 1. The van der Waals surface area contributed by atoms with Crippen molar-refractivity contribution in [3.63, 3.8) is 0 Å². The van der Waals surface area contributed by atoms with Gasteiger partial charge < -0.3 is 15.5 Å². The SMILES string of the molecule is CNCCCNC(=O)C1CCCN1C(=O)c1ccc([N+](=O)[O-])s1.Cl. The molecule has 2 heterocycles. The van der Waals surface area contributed by atoms with Gasteiger partial charge in [0.1, 0.15) is 6.04 Å². The number of hydrogen-bond acceptors (Lipinski definition) is 6. The largest absolute Gasteiger partial charge is 0.354 e. The molecule has 2 N–H and O–H groups in total. The third-order valence-corrected chi connectivity index (χ3v) is 4.73. The van der Waals surface area contributed by atoms with Crippen molar-refractivity contribution < 1.29 is 14.5 Å². The molecule has 10 heteroatoms. The molecule has 1 aliphatic heterocycles. The Bertz CT molecular complexity index is 595. The molecule has 1 saturated heterocycles. The van der Waals surface area contributed by atoms with Gasteiger partial charge in [0.15, 0.2) is 0 Å². The van der Waals surface area contributed by atoms with Crippen LogP contribution in [-0.2, 0) is 4.79 Å². The molecule has 134 valence electrons. The van der Waals surface area contributed by atoms with Crippen molar-refractivity contribution in [1.29, 1.82) is 0 Å². The summed E-state index contributed by atoms with van der Waals surface area (Å²) in [5, 5.41) is 16.5. The topological polar surface area (TPSA) is 105 Å². The normalized spacial score (nSPS) is 16.5. The highest BCUT2D eigenvalue weighted by atomic mass is 35.5. The number of amides is 2. The molecular formula is C14H21ClN4O4S. The Morgan fingerprint density at radius 1 is 1.42 bits per heavy atom. The van der Waals surface area contributed by atoms with Gasteiger partial charge in [0.05, 0.1) is 9.80 Å². The van der Waals surface area contributed by atoms with Crippen molar-refractivity contribution in [3.8, 4) is 0 Å². The molecule has 8 nitrogen and oxygen atoms in total. The van der Waals surface area contributed by atoms with Crippen LogP contribution in [-0.4, -0.2) is 54.4 Å². The van der Waals surface area contributed by atoms with E-state index in [0.29, 0.717) is 24.4 Å². The molecule has 0 saturated carbocycles. The minimum absolute atomic E-state index is 0. The van der Waals surface area contributed by atoms with Crippen LogP contribution in [0, 0.1) is 10.1 Å². The van der Waals surface area contributed by atoms with E-state index in [1.807, 2.05) is 7.05 Å². The number of halogens is 1. The minimum Gasteiger partial charge on any atom is -0.354 e. The monoisotopic (exact) mass is 376 g/mol. The Balaban J connectivity index is 0.00000288. The maximum Gasteiger partial charge on any atom is 0.324 e. The number of carbonyl (C=O) groups is 2. The van der Waals surface area contributed by atoms with Crippen LogP contribution in [0.5, 0.6) is 0 Å². The summed E-state index contributed by atoms with van der Waals surface area (Å²) in [6.07, 6.45) is 2.20. The highest BCUT2D eigenvalue weighted by Crippen LogP contribution is 2.28. The Hall–Kier alpha value is -1.71. The van der Waals surface area contributed by atoms with Crippen LogP contribution < -0.4 is 10.6 Å². The standard InChI is InChI=1S/C14H20N4O4S.ClH/c1-15-7-3-8-16-13(19)10-4-2-9-17(10)14(20)11-5-6-12(23-11)18(21)22;/h5-6,10,15H,2-4,7-9H2,1H3,(H,16,19);1H. The molecule has 1 atom stereocenters. The van der Waals surface area contributed by atoms with Crippen LogP contribution in [0.2, 0.25) is 0 Å². The first-order valence-electron chi connectivity index (χ1n) is 7.52. The Labute approximate surface area is 150 Å². The van der Waals surface area contributed by atoms with Crippen molar-refractivity contribution in [2.24, 2.45) is 0 Å². The minimum atomic E-state index is -0.516. The van der Waals surface area contributed by atoms with E-state index < -0.39 is 11.0 Å². The summed E-state index contributed by atoms with van der Waals surface area (Å²) in [6.45, 7) is 1.87. The molecule has 1 fully saturated rings. The van der Waals surface area contributed by atoms with Gasteiger partial charge in [-0.1, -0.05) is 11.3 Å². The molecule has 0 radical (unpaired) electrons. The highest BCUT2D eigenvalue weighted by Gasteiger charge is 2.35. The van der Waals surface area contributed by atoms with Crippen molar-refractivity contribution >= 4 is 40.6 Å². The van der Waals surface area contributed by atoms with Crippen LogP contribution in [0.1, 0.15) is 28.9 Å². The molecular weight excluding hydrogens is 356 g/mol. The number of carbonyl (C=O) groups excluding carboxylic acids is 2. The predicted molar refractivity (Wildman–Crippen MR) is 93.8 cm³/mol. The molecule has 0 aromatic carbocycles. The highest BCUT2D eigenvalue weighted by molar-refractivity contribution is 7.17. The van der Waals surface area contributed by atoms with Crippen molar-refractivity contribution in [1.82, 2.24) is 15.5 Å². The van der Waals surface area contributed by atoms with E-state index in [-0.39, 0.29) is 29.2 Å². The van der Waals surface area contributed by atoms with Gasteiger partial charge in [-0.2, -0.15) is 0 Å². The molecule has 1 unspecified atom stereocenters. The zero-order valence-corrected chi connectivity index (χ0v) is 15.0. The Morgan fingerprint density at radius 3 is 2.79 bits per heavy atom. The third kappa shape index (κ3) is 4.89. The van der Waals surface area contributed by atoms with Crippen molar-refractivity contribution in [2.75, 3.05) is 26.7 Å². The smallest absolute Gasteiger partial charge is 0.324 e. The van der Waals surface area contributed by atoms with Crippen LogP contribution in [0.3, 0.4) is 0 Å². The lowest BCUT2D eigenvalue weighted by molar-refractivity contribution is -0.380. The summed E-state index contributed by atoms with van der Waals surface area (Å²) in [5.41, 5.74) is 0. The Kier molecular flexibility index (Phi) is 8.09. The summed E-state index contributed by atoms with van der Waals surface area (Å²) in [7, 11) is 1.85. The molecule has 24 heavy (non-hydrogen) atoms. The Morgan fingerprint density at radius 2 is 2.17 bits per heavy atom. The fourth-order valence-electron chi connectivity index (χ4n) is 2.56. The van der Waals surface area contributed by atoms with Gasteiger partial charge >= 0.3 is 5.00 Å². The second-order valence-corrected chi connectivity index (χ2v) is 6.36. The van der Waals surface area contributed by atoms with Gasteiger partial charge in [-0.05, 0) is 38.9 Å². The van der Waals surface area contributed by atoms with Gasteiger partial charge in [-0.3, -0.25) is 19.7 Å².